The number of carbonyl (C=O) groups excluding carboxylic acids is 1. The number of rotatable bonds is 5. The van der Waals surface area contributed by atoms with E-state index in [-0.39, 0.29) is 11.6 Å². The average molecular weight is 410 g/mol. The number of piperidine rings is 1. The molecule has 0 aliphatic carbocycles. The van der Waals surface area contributed by atoms with Gasteiger partial charge >= 0.3 is 0 Å². The predicted octanol–water partition coefficient (Wildman–Crippen LogP) is 5.48. The highest BCUT2D eigenvalue weighted by Crippen LogP contribution is 2.23. The van der Waals surface area contributed by atoms with Crippen molar-refractivity contribution in [1.29, 1.82) is 0 Å². The maximum Gasteiger partial charge on any atom is 0.277 e. The summed E-state index contributed by atoms with van der Waals surface area (Å²) < 4.78 is 5.32. The Bertz CT molecular complexity index is 976. The lowest BCUT2D eigenvalue weighted by atomic mass is 9.99. The summed E-state index contributed by atoms with van der Waals surface area (Å²) in [5.41, 5.74) is 3.01. The fourth-order valence-corrected chi connectivity index (χ4v) is 3.68. The van der Waals surface area contributed by atoms with Crippen molar-refractivity contribution >= 4 is 23.2 Å². The second kappa shape index (κ2) is 8.80. The number of likely N-dealkylation sites (tertiary alicyclic amines) is 1. The number of carbonyl (C=O) groups is 1. The van der Waals surface area contributed by atoms with Crippen molar-refractivity contribution in [2.75, 3.05) is 18.4 Å². The Balaban J connectivity index is 1.40. The van der Waals surface area contributed by atoms with Gasteiger partial charge in [-0.25, -0.2) is 0 Å². The first-order chi connectivity index (χ1) is 14.1. The molecule has 1 aliphatic rings. The van der Waals surface area contributed by atoms with Crippen molar-refractivity contribution in [3.05, 3.63) is 70.9 Å². The first kappa shape index (κ1) is 19.7. The van der Waals surface area contributed by atoms with Gasteiger partial charge in [0.15, 0.2) is 11.5 Å². The van der Waals surface area contributed by atoms with E-state index in [2.05, 4.69) is 28.4 Å². The maximum absolute atomic E-state index is 12.6. The number of aromatic nitrogens is 1. The number of halogens is 1. The molecular weight excluding hydrogens is 386 g/mol. The third-order valence-corrected chi connectivity index (χ3v) is 5.59. The topological polar surface area (TPSA) is 58.4 Å². The minimum Gasteiger partial charge on any atom is -0.355 e. The smallest absolute Gasteiger partial charge is 0.277 e. The number of benzene rings is 2. The van der Waals surface area contributed by atoms with E-state index in [1.807, 2.05) is 30.3 Å². The van der Waals surface area contributed by atoms with Gasteiger partial charge in [-0.05, 0) is 73.8 Å². The van der Waals surface area contributed by atoms with Gasteiger partial charge in [0, 0.05) is 28.9 Å². The van der Waals surface area contributed by atoms with Crippen LogP contribution in [0.1, 0.15) is 35.8 Å². The van der Waals surface area contributed by atoms with E-state index in [0.717, 1.165) is 36.8 Å². The van der Waals surface area contributed by atoms with E-state index in [9.17, 15) is 4.79 Å². The Morgan fingerprint density at radius 2 is 1.93 bits per heavy atom. The van der Waals surface area contributed by atoms with E-state index in [4.69, 9.17) is 16.1 Å². The number of anilines is 1. The van der Waals surface area contributed by atoms with Crippen LogP contribution in [0, 0.1) is 5.92 Å². The van der Waals surface area contributed by atoms with Crippen LogP contribution < -0.4 is 5.32 Å². The van der Waals surface area contributed by atoms with Crippen LogP contribution in [0.2, 0.25) is 5.02 Å². The third-order valence-electron chi connectivity index (χ3n) is 5.34. The summed E-state index contributed by atoms with van der Waals surface area (Å²) >= 11 is 5.91. The van der Waals surface area contributed by atoms with Gasteiger partial charge in [0.05, 0.1) is 0 Å². The fraction of sp³-hybridized carbons (Fsp3) is 0.304. The van der Waals surface area contributed by atoms with Crippen LogP contribution in [-0.4, -0.2) is 29.1 Å². The number of nitrogens with one attached hydrogen (secondary N) is 1. The van der Waals surface area contributed by atoms with Crippen LogP contribution in [-0.2, 0) is 6.54 Å². The molecule has 1 aliphatic heterocycles. The quantitative estimate of drug-likeness (QED) is 0.606. The summed E-state index contributed by atoms with van der Waals surface area (Å²) in [4.78, 5) is 15.1. The van der Waals surface area contributed by atoms with Gasteiger partial charge in [0.25, 0.3) is 5.91 Å². The molecule has 4 rings (SSSR count). The van der Waals surface area contributed by atoms with Crippen molar-refractivity contribution in [2.24, 2.45) is 5.92 Å². The van der Waals surface area contributed by atoms with Gasteiger partial charge in [0.2, 0.25) is 0 Å². The third kappa shape index (κ3) is 5.05. The summed E-state index contributed by atoms with van der Waals surface area (Å²) in [7, 11) is 0. The summed E-state index contributed by atoms with van der Waals surface area (Å²) in [6.45, 7) is 5.48. The van der Waals surface area contributed by atoms with Crippen LogP contribution >= 0.6 is 11.6 Å². The monoisotopic (exact) mass is 409 g/mol. The molecule has 1 N–H and O–H groups in total. The van der Waals surface area contributed by atoms with E-state index < -0.39 is 0 Å². The van der Waals surface area contributed by atoms with Crippen LogP contribution in [0.4, 0.5) is 5.69 Å². The van der Waals surface area contributed by atoms with Crippen molar-refractivity contribution in [3.63, 3.8) is 0 Å². The van der Waals surface area contributed by atoms with E-state index in [1.165, 1.54) is 18.4 Å². The normalized spacial score (nSPS) is 15.4. The number of hydrogen-bond donors (Lipinski definition) is 1. The number of hydrogen-bond acceptors (Lipinski definition) is 4. The zero-order valence-corrected chi connectivity index (χ0v) is 17.2. The van der Waals surface area contributed by atoms with Crippen molar-refractivity contribution in [3.8, 4) is 11.3 Å². The van der Waals surface area contributed by atoms with Crippen molar-refractivity contribution in [2.45, 2.75) is 26.3 Å². The van der Waals surface area contributed by atoms with Gasteiger partial charge in [0.1, 0.15) is 0 Å². The lowest BCUT2D eigenvalue weighted by Gasteiger charge is -2.30. The Labute approximate surface area is 175 Å². The lowest BCUT2D eigenvalue weighted by molar-refractivity contribution is 0.101. The minimum absolute atomic E-state index is 0.241. The van der Waals surface area contributed by atoms with Crippen LogP contribution in [0.25, 0.3) is 11.3 Å². The molecule has 0 spiro atoms. The molecule has 1 fully saturated rings. The lowest BCUT2D eigenvalue weighted by Crippen LogP contribution is -2.32. The molecule has 29 heavy (non-hydrogen) atoms. The van der Waals surface area contributed by atoms with Gasteiger partial charge in [-0.3, -0.25) is 9.69 Å². The summed E-state index contributed by atoms with van der Waals surface area (Å²) in [5, 5.41) is 7.47. The molecule has 0 radical (unpaired) electrons. The standard InChI is InChI=1S/C23H24ClN3O2/c1-16-9-11-27(12-10-16)15-17-3-2-4-20(13-17)25-23(28)21-14-22(29-26-21)18-5-7-19(24)8-6-18/h2-8,13-14,16H,9-12,15H2,1H3,(H,25,28). The molecule has 2 aromatic carbocycles. The average Bonchev–Trinajstić information content (AvgIpc) is 3.21. The van der Waals surface area contributed by atoms with E-state index >= 15 is 0 Å². The second-order valence-electron chi connectivity index (χ2n) is 7.70. The van der Waals surface area contributed by atoms with Crippen LogP contribution in [0.5, 0.6) is 0 Å². The molecule has 5 nitrogen and oxygen atoms in total. The highest BCUT2D eigenvalue weighted by molar-refractivity contribution is 6.30. The highest BCUT2D eigenvalue weighted by atomic mass is 35.5. The molecule has 0 bridgehead atoms. The first-order valence-corrected chi connectivity index (χ1v) is 10.3. The van der Waals surface area contributed by atoms with E-state index in [1.54, 1.807) is 18.2 Å². The first-order valence-electron chi connectivity index (χ1n) is 9.92. The molecule has 0 unspecified atom stereocenters. The molecule has 1 saturated heterocycles. The van der Waals surface area contributed by atoms with E-state index in [0.29, 0.717) is 10.8 Å². The van der Waals surface area contributed by atoms with Crippen LogP contribution in [0.3, 0.4) is 0 Å². The van der Waals surface area contributed by atoms with Gasteiger partial charge in [-0.15, -0.1) is 0 Å². The molecule has 0 saturated carbocycles. The predicted molar refractivity (Wildman–Crippen MR) is 115 cm³/mol. The van der Waals surface area contributed by atoms with Gasteiger partial charge in [-0.2, -0.15) is 0 Å². The Hall–Kier alpha value is -2.63. The second-order valence-corrected chi connectivity index (χ2v) is 8.13. The summed E-state index contributed by atoms with van der Waals surface area (Å²) in [6, 6.07) is 16.8. The Kier molecular flexibility index (Phi) is 5.97. The maximum atomic E-state index is 12.6. The summed E-state index contributed by atoms with van der Waals surface area (Å²) in [5.74, 6) is 1.05. The highest BCUT2D eigenvalue weighted by Gasteiger charge is 2.17. The van der Waals surface area contributed by atoms with Crippen molar-refractivity contribution < 1.29 is 9.32 Å². The SMILES string of the molecule is CC1CCN(Cc2cccc(NC(=O)c3cc(-c4ccc(Cl)cc4)on3)c2)CC1. The minimum atomic E-state index is -0.294. The Morgan fingerprint density at radius 3 is 2.69 bits per heavy atom. The van der Waals surface area contributed by atoms with Crippen molar-refractivity contribution in [1.82, 2.24) is 10.1 Å². The number of nitrogens with zero attached hydrogens (tertiary/aromatic N) is 2. The summed E-state index contributed by atoms with van der Waals surface area (Å²) in [6.07, 6.45) is 2.50. The zero-order chi connectivity index (χ0) is 20.2. The molecule has 0 atom stereocenters. The molecule has 1 amide bonds. The molecular formula is C23H24ClN3O2. The fourth-order valence-electron chi connectivity index (χ4n) is 3.55. The molecule has 3 aromatic rings. The molecule has 6 heteroatoms. The van der Waals surface area contributed by atoms with Gasteiger partial charge < -0.3 is 9.84 Å². The zero-order valence-electron chi connectivity index (χ0n) is 16.4. The van der Waals surface area contributed by atoms with Crippen LogP contribution in [0.15, 0.2) is 59.1 Å². The molecule has 150 valence electrons. The van der Waals surface area contributed by atoms with Gasteiger partial charge in [-0.1, -0.05) is 35.8 Å². The molecule has 1 aromatic heterocycles. The number of amides is 1. The Morgan fingerprint density at radius 1 is 1.17 bits per heavy atom. The molecule has 2 heterocycles. The largest absolute Gasteiger partial charge is 0.355 e.